The van der Waals surface area contributed by atoms with Gasteiger partial charge in [-0.05, 0) is 44.2 Å². The molecule has 2 N–H and O–H groups in total. The number of hydrogen-bond acceptors (Lipinski definition) is 5. The van der Waals surface area contributed by atoms with Gasteiger partial charge in [0.25, 0.3) is 5.91 Å². The van der Waals surface area contributed by atoms with Gasteiger partial charge in [-0.25, -0.2) is 9.07 Å². The van der Waals surface area contributed by atoms with Gasteiger partial charge in [0.1, 0.15) is 11.9 Å². The zero-order chi connectivity index (χ0) is 22.9. The van der Waals surface area contributed by atoms with Crippen LogP contribution >= 0.6 is 0 Å². The molecule has 2 aliphatic heterocycles. The van der Waals surface area contributed by atoms with Crippen molar-refractivity contribution in [3.05, 3.63) is 47.4 Å². The quantitative estimate of drug-likeness (QED) is 0.721. The molecule has 178 valence electrons. The average Bonchev–Trinajstić information content (AvgIpc) is 3.27. The summed E-state index contributed by atoms with van der Waals surface area (Å²) in [5, 5.41) is 11.0. The zero-order valence-electron chi connectivity index (χ0n) is 19.3. The number of ether oxygens (including phenoxy) is 2. The summed E-state index contributed by atoms with van der Waals surface area (Å²) in [5.74, 6) is 0.994. The number of nitrogens with zero attached hydrogens (tertiary/aromatic N) is 2. The van der Waals surface area contributed by atoms with Gasteiger partial charge in [-0.3, -0.25) is 4.79 Å². The topological polar surface area (TPSA) is 77.4 Å². The first-order chi connectivity index (χ1) is 16.1. The van der Waals surface area contributed by atoms with Gasteiger partial charge in [-0.2, -0.15) is 5.10 Å². The molecule has 1 aromatic heterocycles. The molecular formula is C25H33FN4O3. The summed E-state index contributed by atoms with van der Waals surface area (Å²) in [4.78, 5) is 13.0. The molecule has 3 aliphatic rings. The molecule has 1 aliphatic carbocycles. The van der Waals surface area contributed by atoms with Crippen molar-refractivity contribution in [1.29, 1.82) is 0 Å². The molecule has 1 saturated heterocycles. The molecule has 1 saturated carbocycles. The Hall–Kier alpha value is -2.45. The van der Waals surface area contributed by atoms with E-state index < -0.39 is 0 Å². The van der Waals surface area contributed by atoms with Gasteiger partial charge in [0.15, 0.2) is 5.69 Å². The number of carbonyl (C=O) groups excluding carboxylic acids is 1. The fourth-order valence-electron chi connectivity index (χ4n) is 5.99. The molecule has 33 heavy (non-hydrogen) atoms. The molecule has 5 rings (SSSR count). The summed E-state index contributed by atoms with van der Waals surface area (Å²) < 4.78 is 28.0. The minimum Gasteiger partial charge on any atom is -0.469 e. The maximum absolute atomic E-state index is 14.2. The van der Waals surface area contributed by atoms with Crippen molar-refractivity contribution in [2.75, 3.05) is 13.7 Å². The van der Waals surface area contributed by atoms with Crippen LogP contribution in [0.1, 0.15) is 61.2 Å². The van der Waals surface area contributed by atoms with Crippen LogP contribution in [0.3, 0.4) is 0 Å². The summed E-state index contributed by atoms with van der Waals surface area (Å²) in [5.41, 5.74) is 0.854. The predicted molar refractivity (Wildman–Crippen MR) is 122 cm³/mol. The van der Waals surface area contributed by atoms with Gasteiger partial charge in [0.2, 0.25) is 5.88 Å². The molecule has 8 heteroatoms. The third kappa shape index (κ3) is 4.38. The Labute approximate surface area is 194 Å². The highest BCUT2D eigenvalue weighted by Gasteiger charge is 2.42. The van der Waals surface area contributed by atoms with Crippen LogP contribution in [-0.4, -0.2) is 47.5 Å². The Balaban J connectivity index is 1.24. The van der Waals surface area contributed by atoms with Gasteiger partial charge in [0.05, 0.1) is 18.8 Å². The van der Waals surface area contributed by atoms with Crippen LogP contribution in [0.4, 0.5) is 4.39 Å². The molecule has 6 unspecified atom stereocenters. The largest absolute Gasteiger partial charge is 0.469 e. The normalized spacial score (nSPS) is 31.2. The van der Waals surface area contributed by atoms with Gasteiger partial charge in [-0.15, -0.1) is 0 Å². The molecule has 2 fully saturated rings. The summed E-state index contributed by atoms with van der Waals surface area (Å²) in [6.07, 6.45) is 4.74. The predicted octanol–water partition coefficient (Wildman–Crippen LogP) is 3.46. The van der Waals surface area contributed by atoms with E-state index in [9.17, 15) is 9.18 Å². The lowest BCUT2D eigenvalue weighted by Gasteiger charge is -2.47. The van der Waals surface area contributed by atoms with Crippen LogP contribution in [-0.2, 0) is 11.3 Å². The van der Waals surface area contributed by atoms with E-state index in [1.54, 1.807) is 28.9 Å². The van der Waals surface area contributed by atoms with E-state index in [-0.39, 0.29) is 30.0 Å². The number of benzene rings is 1. The van der Waals surface area contributed by atoms with Crippen LogP contribution in [0.15, 0.2) is 30.3 Å². The fourth-order valence-corrected chi connectivity index (χ4v) is 5.99. The van der Waals surface area contributed by atoms with Gasteiger partial charge < -0.3 is 20.1 Å². The minimum absolute atomic E-state index is 0.0331. The summed E-state index contributed by atoms with van der Waals surface area (Å²) >= 11 is 0. The molecule has 3 heterocycles. The molecule has 2 aromatic rings. The lowest BCUT2D eigenvalue weighted by atomic mass is 9.69. The Morgan fingerprint density at radius 2 is 2.12 bits per heavy atom. The van der Waals surface area contributed by atoms with E-state index in [0.29, 0.717) is 54.6 Å². The van der Waals surface area contributed by atoms with E-state index in [1.165, 1.54) is 6.07 Å². The van der Waals surface area contributed by atoms with Crippen LogP contribution in [0.25, 0.3) is 0 Å². The molecule has 7 nitrogen and oxygen atoms in total. The van der Waals surface area contributed by atoms with Crippen molar-refractivity contribution in [3.8, 4) is 5.88 Å². The molecule has 1 aromatic carbocycles. The fraction of sp³-hybridized carbons (Fsp3) is 0.600. The van der Waals surface area contributed by atoms with Crippen molar-refractivity contribution in [1.82, 2.24) is 20.4 Å². The first-order valence-electron chi connectivity index (χ1n) is 12.2. The third-order valence-electron chi connectivity index (χ3n) is 7.65. The summed E-state index contributed by atoms with van der Waals surface area (Å²) in [6, 6.07) is 8.78. The van der Waals surface area contributed by atoms with Crippen molar-refractivity contribution < 1.29 is 18.7 Å². The minimum atomic E-state index is -0.382. The molecule has 0 spiro atoms. The summed E-state index contributed by atoms with van der Waals surface area (Å²) in [6.45, 7) is 3.35. The van der Waals surface area contributed by atoms with Crippen molar-refractivity contribution in [3.63, 3.8) is 0 Å². The Morgan fingerprint density at radius 1 is 1.27 bits per heavy atom. The van der Waals surface area contributed by atoms with Crippen LogP contribution < -0.4 is 15.4 Å². The number of carbonyl (C=O) groups is 1. The number of nitrogens with one attached hydrogen (secondary N) is 2. The molecule has 0 radical (unpaired) electrons. The Bertz CT molecular complexity index is 996. The van der Waals surface area contributed by atoms with Gasteiger partial charge >= 0.3 is 0 Å². The zero-order valence-corrected chi connectivity index (χ0v) is 19.3. The van der Waals surface area contributed by atoms with Crippen molar-refractivity contribution in [2.24, 2.45) is 11.8 Å². The SMILES string of the molecule is CCC1C(NC)CCC2OCC(NC(=O)c3cc4n(n3)CCC(c3ccccc3F)O4)CC21. The maximum atomic E-state index is 14.2. The standard InChI is InChI=1S/C25H33FN4O3/c1-3-16-18-12-15(14-32-22(18)9-8-20(16)27-2)28-25(31)21-13-24-30(29-21)11-10-23(33-24)17-6-4-5-7-19(17)26/h4-7,13,15-16,18,20,22-23,27H,3,8-12,14H2,1-2H3,(H,28,31). The number of aromatic nitrogens is 2. The average molecular weight is 457 g/mol. The van der Waals surface area contributed by atoms with Crippen molar-refractivity contribution in [2.45, 2.75) is 69.9 Å². The number of halogens is 1. The highest BCUT2D eigenvalue weighted by atomic mass is 19.1. The van der Waals surface area contributed by atoms with Gasteiger partial charge in [-0.1, -0.05) is 31.5 Å². The highest BCUT2D eigenvalue weighted by molar-refractivity contribution is 5.92. The Kier molecular flexibility index (Phi) is 6.38. The molecule has 6 atom stereocenters. The van der Waals surface area contributed by atoms with Crippen LogP contribution in [0.2, 0.25) is 0 Å². The lowest BCUT2D eigenvalue weighted by molar-refractivity contribution is -0.0896. The van der Waals surface area contributed by atoms with E-state index in [1.807, 2.05) is 7.05 Å². The first kappa shape index (κ1) is 22.3. The monoisotopic (exact) mass is 456 g/mol. The van der Waals surface area contributed by atoms with Crippen molar-refractivity contribution >= 4 is 5.91 Å². The second-order valence-corrected chi connectivity index (χ2v) is 9.49. The molecule has 0 bridgehead atoms. The smallest absolute Gasteiger partial charge is 0.272 e. The second-order valence-electron chi connectivity index (χ2n) is 9.49. The van der Waals surface area contributed by atoms with Crippen LogP contribution in [0.5, 0.6) is 5.88 Å². The van der Waals surface area contributed by atoms with E-state index in [2.05, 4.69) is 22.7 Å². The third-order valence-corrected chi connectivity index (χ3v) is 7.65. The van der Waals surface area contributed by atoms with E-state index in [4.69, 9.17) is 9.47 Å². The number of rotatable bonds is 5. The number of hydrogen-bond donors (Lipinski definition) is 2. The number of aryl methyl sites for hydroxylation is 1. The molecule has 1 amide bonds. The lowest BCUT2D eigenvalue weighted by Crippen LogP contribution is -2.54. The highest BCUT2D eigenvalue weighted by Crippen LogP contribution is 2.40. The van der Waals surface area contributed by atoms with E-state index >= 15 is 0 Å². The first-order valence-corrected chi connectivity index (χ1v) is 12.2. The van der Waals surface area contributed by atoms with E-state index in [0.717, 1.165) is 25.7 Å². The number of amides is 1. The summed E-state index contributed by atoms with van der Waals surface area (Å²) in [7, 11) is 2.04. The Morgan fingerprint density at radius 3 is 2.91 bits per heavy atom. The van der Waals surface area contributed by atoms with Gasteiger partial charge in [0, 0.05) is 30.6 Å². The molecular weight excluding hydrogens is 423 g/mol. The maximum Gasteiger partial charge on any atom is 0.272 e. The number of fused-ring (bicyclic) bond motifs is 2. The van der Waals surface area contributed by atoms with Crippen LogP contribution in [0, 0.1) is 17.7 Å². The second kappa shape index (κ2) is 9.43.